The van der Waals surface area contributed by atoms with Gasteiger partial charge in [-0.25, -0.2) is 0 Å². The lowest BCUT2D eigenvalue weighted by atomic mass is 10.1. The molecule has 1 saturated heterocycles. The van der Waals surface area contributed by atoms with Crippen LogP contribution in [0.1, 0.15) is 13.3 Å². The second-order valence-corrected chi connectivity index (χ2v) is 4.23. The number of nitrogens with one attached hydrogen (secondary N) is 2. The summed E-state index contributed by atoms with van der Waals surface area (Å²) in [6.45, 7) is 5.15. The molecular formula is C10H16ClN5O. The van der Waals surface area contributed by atoms with Crippen LogP contribution in [0.4, 0.5) is 11.9 Å². The van der Waals surface area contributed by atoms with Crippen molar-refractivity contribution < 1.29 is 4.74 Å². The molecule has 1 atom stereocenters. The van der Waals surface area contributed by atoms with Crippen molar-refractivity contribution >= 4 is 23.5 Å². The van der Waals surface area contributed by atoms with Crippen molar-refractivity contribution in [2.45, 2.75) is 13.3 Å². The summed E-state index contributed by atoms with van der Waals surface area (Å²) in [5, 5.41) is 6.36. The van der Waals surface area contributed by atoms with Gasteiger partial charge in [0.1, 0.15) is 0 Å². The zero-order valence-corrected chi connectivity index (χ0v) is 10.5. The number of anilines is 2. The minimum atomic E-state index is 0.195. The van der Waals surface area contributed by atoms with Crippen molar-refractivity contribution in [2.75, 3.05) is 36.9 Å². The van der Waals surface area contributed by atoms with Crippen molar-refractivity contribution in [1.82, 2.24) is 15.0 Å². The van der Waals surface area contributed by atoms with Gasteiger partial charge in [-0.15, -0.1) is 0 Å². The molecule has 1 aliphatic heterocycles. The minimum Gasteiger partial charge on any atom is -0.381 e. The molecule has 0 aromatic carbocycles. The SMILES string of the molecule is CCNc1nc(Cl)nc(NCC2CCOC2)n1. The number of ether oxygens (including phenoxy) is 1. The molecule has 2 heterocycles. The Bertz CT molecular complexity index is 370. The van der Waals surface area contributed by atoms with Crippen LogP contribution in [0, 0.1) is 5.92 Å². The molecule has 1 aromatic rings. The molecule has 6 nitrogen and oxygen atoms in total. The number of hydrogen-bond donors (Lipinski definition) is 2. The maximum absolute atomic E-state index is 5.81. The number of halogens is 1. The lowest BCUT2D eigenvalue weighted by Crippen LogP contribution is -2.16. The van der Waals surface area contributed by atoms with E-state index >= 15 is 0 Å². The molecule has 1 aliphatic rings. The maximum Gasteiger partial charge on any atom is 0.228 e. The van der Waals surface area contributed by atoms with Gasteiger partial charge >= 0.3 is 0 Å². The number of aromatic nitrogens is 3. The van der Waals surface area contributed by atoms with Gasteiger partial charge in [-0.3, -0.25) is 0 Å². The molecule has 94 valence electrons. The quantitative estimate of drug-likeness (QED) is 0.831. The number of rotatable bonds is 5. The summed E-state index contributed by atoms with van der Waals surface area (Å²) in [6.07, 6.45) is 1.08. The topological polar surface area (TPSA) is 72.0 Å². The van der Waals surface area contributed by atoms with E-state index in [9.17, 15) is 0 Å². The molecule has 0 aliphatic carbocycles. The highest BCUT2D eigenvalue weighted by Gasteiger charge is 2.15. The molecular weight excluding hydrogens is 242 g/mol. The van der Waals surface area contributed by atoms with Crippen molar-refractivity contribution in [3.63, 3.8) is 0 Å². The van der Waals surface area contributed by atoms with Gasteiger partial charge < -0.3 is 15.4 Å². The zero-order chi connectivity index (χ0) is 12.1. The standard InChI is InChI=1S/C10H16ClN5O/c1-2-12-9-14-8(11)15-10(16-9)13-5-7-3-4-17-6-7/h7H,2-6H2,1H3,(H2,12,13,14,15,16). The summed E-state index contributed by atoms with van der Waals surface area (Å²) in [5.41, 5.74) is 0. The molecule has 1 fully saturated rings. The van der Waals surface area contributed by atoms with E-state index < -0.39 is 0 Å². The summed E-state index contributed by atoms with van der Waals surface area (Å²) in [4.78, 5) is 12.2. The Morgan fingerprint density at radius 3 is 2.71 bits per heavy atom. The Labute approximate surface area is 105 Å². The average Bonchev–Trinajstić information content (AvgIpc) is 2.79. The third-order valence-corrected chi connectivity index (χ3v) is 2.68. The van der Waals surface area contributed by atoms with E-state index in [1.54, 1.807) is 0 Å². The van der Waals surface area contributed by atoms with Gasteiger partial charge in [-0.1, -0.05) is 0 Å². The fourth-order valence-electron chi connectivity index (χ4n) is 1.65. The summed E-state index contributed by atoms with van der Waals surface area (Å²) in [7, 11) is 0. The third-order valence-electron chi connectivity index (χ3n) is 2.52. The lowest BCUT2D eigenvalue weighted by Gasteiger charge is -2.10. The highest BCUT2D eigenvalue weighted by atomic mass is 35.5. The lowest BCUT2D eigenvalue weighted by molar-refractivity contribution is 0.187. The smallest absolute Gasteiger partial charge is 0.228 e. The van der Waals surface area contributed by atoms with Gasteiger partial charge in [0.15, 0.2) is 0 Å². The Kier molecular flexibility index (Phi) is 4.33. The van der Waals surface area contributed by atoms with Gasteiger partial charge in [0.2, 0.25) is 17.2 Å². The maximum atomic E-state index is 5.81. The van der Waals surface area contributed by atoms with Gasteiger partial charge in [0.05, 0.1) is 6.61 Å². The largest absolute Gasteiger partial charge is 0.381 e. The van der Waals surface area contributed by atoms with E-state index in [0.29, 0.717) is 17.8 Å². The molecule has 7 heteroatoms. The predicted molar refractivity (Wildman–Crippen MR) is 66.4 cm³/mol. The van der Waals surface area contributed by atoms with Gasteiger partial charge in [-0.2, -0.15) is 15.0 Å². The Balaban J connectivity index is 1.94. The summed E-state index contributed by atoms with van der Waals surface area (Å²) in [5.74, 6) is 1.53. The first-order valence-corrected chi connectivity index (χ1v) is 6.12. The van der Waals surface area contributed by atoms with Crippen molar-refractivity contribution in [1.29, 1.82) is 0 Å². The van der Waals surface area contributed by atoms with Crippen LogP contribution in [0.3, 0.4) is 0 Å². The third kappa shape index (κ3) is 3.67. The van der Waals surface area contributed by atoms with Crippen LogP contribution in [-0.4, -0.2) is 41.3 Å². The van der Waals surface area contributed by atoms with Crippen LogP contribution in [0.5, 0.6) is 0 Å². The molecule has 1 aromatic heterocycles. The Hall–Kier alpha value is -1.14. The van der Waals surface area contributed by atoms with Crippen molar-refractivity contribution in [3.8, 4) is 0 Å². The van der Waals surface area contributed by atoms with Gasteiger partial charge in [0, 0.05) is 25.6 Å². The van der Waals surface area contributed by atoms with Crippen LogP contribution >= 0.6 is 11.6 Å². The highest BCUT2D eigenvalue weighted by molar-refractivity contribution is 6.28. The van der Waals surface area contributed by atoms with E-state index in [-0.39, 0.29) is 5.28 Å². The number of hydrogen-bond acceptors (Lipinski definition) is 6. The van der Waals surface area contributed by atoms with Crippen LogP contribution in [0.15, 0.2) is 0 Å². The summed E-state index contributed by atoms with van der Waals surface area (Å²) < 4.78 is 5.30. The fraction of sp³-hybridized carbons (Fsp3) is 0.700. The van der Waals surface area contributed by atoms with Gasteiger partial charge in [0.25, 0.3) is 0 Å². The molecule has 17 heavy (non-hydrogen) atoms. The monoisotopic (exact) mass is 257 g/mol. The number of nitrogens with zero attached hydrogens (tertiary/aromatic N) is 3. The van der Waals surface area contributed by atoms with E-state index in [4.69, 9.17) is 16.3 Å². The Morgan fingerprint density at radius 1 is 1.29 bits per heavy atom. The van der Waals surface area contributed by atoms with E-state index in [1.807, 2.05) is 6.92 Å². The minimum absolute atomic E-state index is 0.195. The fourth-order valence-corrected chi connectivity index (χ4v) is 1.81. The summed E-state index contributed by atoms with van der Waals surface area (Å²) >= 11 is 5.81. The molecule has 0 bridgehead atoms. The van der Waals surface area contributed by atoms with Gasteiger partial charge in [-0.05, 0) is 24.9 Å². The Morgan fingerprint density at radius 2 is 2.06 bits per heavy atom. The average molecular weight is 258 g/mol. The van der Waals surface area contributed by atoms with Crippen LogP contribution in [0.2, 0.25) is 5.28 Å². The second kappa shape index (κ2) is 5.97. The van der Waals surface area contributed by atoms with Crippen LogP contribution in [-0.2, 0) is 4.74 Å². The predicted octanol–water partition coefficient (Wildman–Crippen LogP) is 1.41. The van der Waals surface area contributed by atoms with E-state index in [2.05, 4.69) is 25.6 Å². The zero-order valence-electron chi connectivity index (χ0n) is 9.74. The molecule has 1 unspecified atom stereocenters. The first-order chi connectivity index (χ1) is 8.28. The molecule has 0 radical (unpaired) electrons. The van der Waals surface area contributed by atoms with Crippen LogP contribution in [0.25, 0.3) is 0 Å². The highest BCUT2D eigenvalue weighted by Crippen LogP contribution is 2.14. The first kappa shape index (κ1) is 12.3. The van der Waals surface area contributed by atoms with Crippen molar-refractivity contribution in [2.24, 2.45) is 5.92 Å². The normalized spacial score (nSPS) is 19.3. The molecule has 2 N–H and O–H groups in total. The summed E-state index contributed by atoms with van der Waals surface area (Å²) in [6, 6.07) is 0. The molecule has 2 rings (SSSR count). The van der Waals surface area contributed by atoms with Crippen LogP contribution < -0.4 is 10.6 Å². The molecule has 0 spiro atoms. The van der Waals surface area contributed by atoms with E-state index in [0.717, 1.165) is 32.7 Å². The molecule has 0 amide bonds. The molecule has 0 saturated carbocycles. The van der Waals surface area contributed by atoms with Crippen molar-refractivity contribution in [3.05, 3.63) is 5.28 Å². The second-order valence-electron chi connectivity index (χ2n) is 3.89. The van der Waals surface area contributed by atoms with E-state index in [1.165, 1.54) is 0 Å². The first-order valence-electron chi connectivity index (χ1n) is 5.75.